The number of para-hydroxylation sites is 1. The Morgan fingerprint density at radius 2 is 1.86 bits per heavy atom. The van der Waals surface area contributed by atoms with Crippen molar-refractivity contribution in [1.82, 2.24) is 4.57 Å². The molecule has 1 amide bonds. The maximum Gasteiger partial charge on any atom is 0.272 e. The highest BCUT2D eigenvalue weighted by molar-refractivity contribution is 6.32. The predicted molar refractivity (Wildman–Crippen MR) is 114 cm³/mol. The minimum absolute atomic E-state index is 0.188. The highest BCUT2D eigenvalue weighted by Gasteiger charge is 2.21. The second kappa shape index (κ2) is 8.57. The number of carbonyl (C=O) groups is 1. The van der Waals surface area contributed by atoms with Crippen LogP contribution >= 0.6 is 11.6 Å². The van der Waals surface area contributed by atoms with Gasteiger partial charge < -0.3 is 19.4 Å². The van der Waals surface area contributed by atoms with E-state index in [9.17, 15) is 4.79 Å². The van der Waals surface area contributed by atoms with Crippen molar-refractivity contribution in [2.24, 2.45) is 0 Å². The van der Waals surface area contributed by atoms with E-state index in [2.05, 4.69) is 28.9 Å². The highest BCUT2D eigenvalue weighted by Crippen LogP contribution is 2.36. The molecule has 0 radical (unpaired) electrons. The molecule has 5 nitrogen and oxygen atoms in total. The van der Waals surface area contributed by atoms with Gasteiger partial charge in [0.25, 0.3) is 5.91 Å². The number of aromatic nitrogens is 1. The van der Waals surface area contributed by atoms with Gasteiger partial charge in [0.05, 0.1) is 24.9 Å². The molecule has 0 unspecified atom stereocenters. The molecular formula is C22H25ClN2O3. The molecule has 0 saturated heterocycles. The molecule has 0 aliphatic carbocycles. The van der Waals surface area contributed by atoms with Crippen molar-refractivity contribution >= 4 is 34.1 Å². The SMILES string of the molecule is CCCCn1c(C(=O)Nc2cc(OC)c(Cl)cc2OC)c(C)c2ccccc21. The Morgan fingerprint density at radius 3 is 2.54 bits per heavy atom. The van der Waals surface area contributed by atoms with E-state index in [1.165, 1.54) is 14.2 Å². The van der Waals surface area contributed by atoms with Crippen LogP contribution in [0.15, 0.2) is 36.4 Å². The van der Waals surface area contributed by atoms with Crippen LogP contribution in [0.2, 0.25) is 5.02 Å². The Morgan fingerprint density at radius 1 is 1.14 bits per heavy atom. The number of amides is 1. The Hall–Kier alpha value is -2.66. The molecule has 2 aromatic carbocycles. The van der Waals surface area contributed by atoms with Crippen LogP contribution < -0.4 is 14.8 Å². The Balaban J connectivity index is 2.06. The topological polar surface area (TPSA) is 52.5 Å². The van der Waals surface area contributed by atoms with Crippen LogP contribution in [0, 0.1) is 6.92 Å². The van der Waals surface area contributed by atoms with E-state index in [1.807, 2.05) is 19.1 Å². The first-order valence-corrected chi connectivity index (χ1v) is 9.70. The first-order valence-electron chi connectivity index (χ1n) is 9.32. The number of aryl methyl sites for hydroxylation is 2. The minimum atomic E-state index is -0.188. The van der Waals surface area contributed by atoms with Crippen LogP contribution in [0.1, 0.15) is 35.8 Å². The van der Waals surface area contributed by atoms with Crippen molar-refractivity contribution in [3.05, 3.63) is 52.7 Å². The zero-order valence-electron chi connectivity index (χ0n) is 16.6. The third kappa shape index (κ3) is 3.67. The number of nitrogens with one attached hydrogen (secondary N) is 1. The second-order valence-corrected chi connectivity index (χ2v) is 7.04. The quantitative estimate of drug-likeness (QED) is 0.555. The Bertz CT molecular complexity index is 1010. The number of unbranched alkanes of at least 4 members (excludes halogenated alkanes) is 1. The summed E-state index contributed by atoms with van der Waals surface area (Å²) in [5, 5.41) is 4.48. The van der Waals surface area contributed by atoms with Gasteiger partial charge in [-0.25, -0.2) is 0 Å². The number of nitrogens with zero attached hydrogens (tertiary/aromatic N) is 1. The lowest BCUT2D eigenvalue weighted by Gasteiger charge is -2.15. The molecule has 3 rings (SSSR count). The van der Waals surface area contributed by atoms with E-state index in [-0.39, 0.29) is 5.91 Å². The average molecular weight is 401 g/mol. The molecule has 148 valence electrons. The summed E-state index contributed by atoms with van der Waals surface area (Å²) in [7, 11) is 3.07. The number of methoxy groups -OCH3 is 2. The third-order valence-corrected chi connectivity index (χ3v) is 5.19. The van der Waals surface area contributed by atoms with Crippen LogP contribution in [-0.4, -0.2) is 24.7 Å². The van der Waals surface area contributed by atoms with Gasteiger partial charge in [-0.3, -0.25) is 4.79 Å². The number of fused-ring (bicyclic) bond motifs is 1. The van der Waals surface area contributed by atoms with Gasteiger partial charge in [-0.2, -0.15) is 0 Å². The van der Waals surface area contributed by atoms with E-state index in [0.29, 0.717) is 27.9 Å². The van der Waals surface area contributed by atoms with Crippen LogP contribution in [0.5, 0.6) is 11.5 Å². The second-order valence-electron chi connectivity index (χ2n) is 6.64. The van der Waals surface area contributed by atoms with Gasteiger partial charge in [0.15, 0.2) is 0 Å². The third-order valence-electron chi connectivity index (χ3n) is 4.90. The standard InChI is InChI=1S/C22H25ClN2O3/c1-5-6-11-25-18-10-8-7-9-15(18)14(2)21(25)22(26)24-17-13-19(27-3)16(23)12-20(17)28-4/h7-10,12-13H,5-6,11H2,1-4H3,(H,24,26). The normalized spacial score (nSPS) is 10.9. The molecule has 1 N–H and O–H groups in total. The summed E-state index contributed by atoms with van der Waals surface area (Å²) in [6.45, 7) is 4.91. The zero-order valence-corrected chi connectivity index (χ0v) is 17.4. The van der Waals surface area contributed by atoms with Gasteiger partial charge in [0.1, 0.15) is 17.2 Å². The summed E-state index contributed by atoms with van der Waals surface area (Å²) < 4.78 is 12.8. The fourth-order valence-corrected chi connectivity index (χ4v) is 3.69. The van der Waals surface area contributed by atoms with Gasteiger partial charge in [-0.05, 0) is 25.0 Å². The Labute approximate surface area is 170 Å². The lowest BCUT2D eigenvalue weighted by atomic mass is 10.1. The van der Waals surface area contributed by atoms with Crippen molar-refractivity contribution in [2.45, 2.75) is 33.2 Å². The molecule has 28 heavy (non-hydrogen) atoms. The van der Waals surface area contributed by atoms with Crippen LogP contribution in [-0.2, 0) is 6.54 Å². The van der Waals surface area contributed by atoms with Crippen molar-refractivity contribution in [2.75, 3.05) is 19.5 Å². The first-order chi connectivity index (χ1) is 13.5. The van der Waals surface area contributed by atoms with Crippen molar-refractivity contribution in [3.8, 4) is 11.5 Å². The molecule has 0 aliphatic rings. The zero-order chi connectivity index (χ0) is 20.3. The van der Waals surface area contributed by atoms with E-state index in [1.54, 1.807) is 12.1 Å². The van der Waals surface area contributed by atoms with Gasteiger partial charge in [-0.15, -0.1) is 0 Å². The first kappa shape index (κ1) is 20.1. The average Bonchev–Trinajstić information content (AvgIpc) is 2.99. The summed E-state index contributed by atoms with van der Waals surface area (Å²) in [6, 6.07) is 11.4. The Kier molecular flexibility index (Phi) is 6.15. The maximum absolute atomic E-state index is 13.3. The molecule has 0 atom stereocenters. The molecule has 0 saturated carbocycles. The van der Waals surface area contributed by atoms with E-state index in [4.69, 9.17) is 21.1 Å². The van der Waals surface area contributed by atoms with E-state index < -0.39 is 0 Å². The van der Waals surface area contributed by atoms with Crippen LogP contribution in [0.25, 0.3) is 10.9 Å². The van der Waals surface area contributed by atoms with Crippen molar-refractivity contribution in [3.63, 3.8) is 0 Å². The molecule has 1 aromatic heterocycles. The molecule has 3 aromatic rings. The number of benzene rings is 2. The predicted octanol–water partition coefficient (Wildman–Crippen LogP) is 5.67. The molecule has 6 heteroatoms. The molecule has 0 spiro atoms. The molecule has 0 aliphatic heterocycles. The van der Waals surface area contributed by atoms with Gasteiger partial charge in [0.2, 0.25) is 0 Å². The lowest BCUT2D eigenvalue weighted by Crippen LogP contribution is -2.19. The summed E-state index contributed by atoms with van der Waals surface area (Å²) in [6.07, 6.45) is 2.05. The fraction of sp³-hybridized carbons (Fsp3) is 0.318. The maximum atomic E-state index is 13.3. The summed E-state index contributed by atoms with van der Waals surface area (Å²) in [5.41, 5.74) is 3.20. The van der Waals surface area contributed by atoms with E-state index in [0.717, 1.165) is 35.9 Å². The largest absolute Gasteiger partial charge is 0.495 e. The summed E-state index contributed by atoms with van der Waals surface area (Å²) in [5.74, 6) is 0.765. The molecular weight excluding hydrogens is 376 g/mol. The summed E-state index contributed by atoms with van der Waals surface area (Å²) >= 11 is 6.17. The van der Waals surface area contributed by atoms with E-state index >= 15 is 0 Å². The van der Waals surface area contributed by atoms with Crippen molar-refractivity contribution in [1.29, 1.82) is 0 Å². The number of halogens is 1. The van der Waals surface area contributed by atoms with Crippen LogP contribution in [0.4, 0.5) is 5.69 Å². The van der Waals surface area contributed by atoms with Crippen molar-refractivity contribution < 1.29 is 14.3 Å². The van der Waals surface area contributed by atoms with Gasteiger partial charge in [0, 0.05) is 29.6 Å². The number of hydrogen-bond donors (Lipinski definition) is 1. The summed E-state index contributed by atoms with van der Waals surface area (Å²) in [4.78, 5) is 13.3. The number of ether oxygens (including phenoxy) is 2. The number of anilines is 1. The van der Waals surface area contributed by atoms with Gasteiger partial charge >= 0.3 is 0 Å². The number of hydrogen-bond acceptors (Lipinski definition) is 3. The molecule has 1 heterocycles. The monoisotopic (exact) mass is 400 g/mol. The van der Waals surface area contributed by atoms with Gasteiger partial charge in [-0.1, -0.05) is 43.1 Å². The lowest BCUT2D eigenvalue weighted by molar-refractivity contribution is 0.101. The molecule has 0 fully saturated rings. The van der Waals surface area contributed by atoms with Crippen LogP contribution in [0.3, 0.4) is 0 Å². The number of rotatable bonds is 7. The number of carbonyl (C=O) groups excluding carboxylic acids is 1. The fourth-order valence-electron chi connectivity index (χ4n) is 3.46. The smallest absolute Gasteiger partial charge is 0.272 e. The highest BCUT2D eigenvalue weighted by atomic mass is 35.5. The minimum Gasteiger partial charge on any atom is -0.495 e. The molecule has 0 bridgehead atoms.